The van der Waals surface area contributed by atoms with Crippen molar-refractivity contribution in [2.45, 2.75) is 12.6 Å². The van der Waals surface area contributed by atoms with Gasteiger partial charge in [0.05, 0.1) is 18.8 Å². The fraction of sp³-hybridized carbons (Fsp3) is 0.233. The molecule has 2 heterocycles. The second kappa shape index (κ2) is 11.2. The number of aromatic nitrogens is 2. The van der Waals surface area contributed by atoms with Crippen molar-refractivity contribution in [3.8, 4) is 17.0 Å². The lowest BCUT2D eigenvalue weighted by atomic mass is 9.96. The lowest BCUT2D eigenvalue weighted by molar-refractivity contribution is -0.134. The summed E-state index contributed by atoms with van der Waals surface area (Å²) in [5, 5.41) is 4.47. The SMILES string of the molecule is COc1cccc(-c2ccc(=O)n(CC(=O)N3CCN(C(c4ccccc4)c4ccccc4)CC3)n2)c1. The third-order valence-corrected chi connectivity index (χ3v) is 6.78. The number of methoxy groups -OCH3 is 1. The van der Waals surface area contributed by atoms with Gasteiger partial charge in [-0.1, -0.05) is 72.8 Å². The first-order valence-electron chi connectivity index (χ1n) is 12.5. The van der Waals surface area contributed by atoms with Crippen LogP contribution in [-0.4, -0.2) is 58.8 Å². The number of amides is 1. The number of nitrogens with zero attached hydrogens (tertiary/aromatic N) is 4. The third-order valence-electron chi connectivity index (χ3n) is 6.78. The van der Waals surface area contributed by atoms with Crippen molar-refractivity contribution in [2.24, 2.45) is 0 Å². The highest BCUT2D eigenvalue weighted by atomic mass is 16.5. The van der Waals surface area contributed by atoms with Crippen molar-refractivity contribution in [2.75, 3.05) is 33.3 Å². The highest BCUT2D eigenvalue weighted by Crippen LogP contribution is 2.29. The Morgan fingerprint density at radius 3 is 2.11 bits per heavy atom. The lowest BCUT2D eigenvalue weighted by Gasteiger charge is -2.39. The summed E-state index contributed by atoms with van der Waals surface area (Å²) >= 11 is 0. The van der Waals surface area contributed by atoms with Crippen LogP contribution < -0.4 is 10.3 Å². The first-order valence-corrected chi connectivity index (χ1v) is 12.5. The van der Waals surface area contributed by atoms with Crippen LogP contribution >= 0.6 is 0 Å². The predicted octanol–water partition coefficient (Wildman–Crippen LogP) is 3.85. The molecule has 188 valence electrons. The molecule has 5 rings (SSSR count). The maximum atomic E-state index is 13.2. The van der Waals surface area contributed by atoms with Crippen molar-refractivity contribution in [3.05, 3.63) is 119 Å². The topological polar surface area (TPSA) is 67.7 Å². The molecule has 0 unspecified atom stereocenters. The molecule has 1 aliphatic rings. The molecule has 7 nitrogen and oxygen atoms in total. The minimum atomic E-state index is -0.299. The Hall–Kier alpha value is -4.23. The van der Waals surface area contributed by atoms with Crippen molar-refractivity contribution < 1.29 is 9.53 Å². The van der Waals surface area contributed by atoms with Gasteiger partial charge in [-0.05, 0) is 29.3 Å². The third kappa shape index (κ3) is 5.62. The van der Waals surface area contributed by atoms with Gasteiger partial charge in [0.1, 0.15) is 12.3 Å². The van der Waals surface area contributed by atoms with E-state index in [0.717, 1.165) is 18.7 Å². The van der Waals surface area contributed by atoms with E-state index in [1.54, 1.807) is 13.2 Å². The van der Waals surface area contributed by atoms with Gasteiger partial charge in [-0.15, -0.1) is 0 Å². The van der Waals surface area contributed by atoms with Crippen LogP contribution in [0.2, 0.25) is 0 Å². The summed E-state index contributed by atoms with van der Waals surface area (Å²) in [7, 11) is 1.60. The van der Waals surface area contributed by atoms with E-state index in [1.165, 1.54) is 21.9 Å². The second-order valence-corrected chi connectivity index (χ2v) is 9.09. The smallest absolute Gasteiger partial charge is 0.267 e. The molecule has 0 spiro atoms. The fourth-order valence-electron chi connectivity index (χ4n) is 4.84. The molecule has 0 N–H and O–H groups in total. The Kier molecular flexibility index (Phi) is 7.42. The fourth-order valence-corrected chi connectivity index (χ4v) is 4.84. The van der Waals surface area contributed by atoms with Gasteiger partial charge in [0, 0.05) is 37.8 Å². The summed E-state index contributed by atoms with van der Waals surface area (Å²) in [5.74, 6) is 0.600. The van der Waals surface area contributed by atoms with Gasteiger partial charge in [0.15, 0.2) is 0 Å². The van der Waals surface area contributed by atoms with Gasteiger partial charge < -0.3 is 9.64 Å². The van der Waals surface area contributed by atoms with Crippen LogP contribution in [0.5, 0.6) is 5.75 Å². The summed E-state index contributed by atoms with van der Waals surface area (Å²) in [6.45, 7) is 2.59. The molecule has 1 aromatic heterocycles. The van der Waals surface area contributed by atoms with Gasteiger partial charge in [-0.2, -0.15) is 5.10 Å². The molecule has 0 aliphatic carbocycles. The van der Waals surface area contributed by atoms with Gasteiger partial charge in [0.25, 0.3) is 5.56 Å². The number of carbonyl (C=O) groups excluding carboxylic acids is 1. The Bertz CT molecular complexity index is 1360. The minimum Gasteiger partial charge on any atom is -0.497 e. The molecule has 0 radical (unpaired) electrons. The van der Waals surface area contributed by atoms with E-state index in [4.69, 9.17) is 4.74 Å². The molecule has 1 amide bonds. The molecular formula is C30H30N4O3. The zero-order valence-corrected chi connectivity index (χ0v) is 20.9. The van der Waals surface area contributed by atoms with E-state index >= 15 is 0 Å². The summed E-state index contributed by atoms with van der Waals surface area (Å²) in [4.78, 5) is 29.9. The van der Waals surface area contributed by atoms with Gasteiger partial charge >= 0.3 is 0 Å². The second-order valence-electron chi connectivity index (χ2n) is 9.09. The quantitative estimate of drug-likeness (QED) is 0.390. The summed E-state index contributed by atoms with van der Waals surface area (Å²) in [6.07, 6.45) is 0. The van der Waals surface area contributed by atoms with E-state index in [0.29, 0.717) is 24.5 Å². The van der Waals surface area contributed by atoms with Crippen LogP contribution in [0, 0.1) is 0 Å². The number of carbonyl (C=O) groups is 1. The molecule has 37 heavy (non-hydrogen) atoms. The molecule has 0 atom stereocenters. The Morgan fingerprint density at radius 1 is 0.838 bits per heavy atom. The van der Waals surface area contributed by atoms with Crippen molar-refractivity contribution in [1.29, 1.82) is 0 Å². The molecule has 7 heteroatoms. The Balaban J connectivity index is 1.28. The number of piperazine rings is 1. The van der Waals surface area contributed by atoms with E-state index in [1.807, 2.05) is 41.3 Å². The molecule has 3 aromatic carbocycles. The number of rotatable bonds is 7. The zero-order valence-electron chi connectivity index (χ0n) is 20.9. The number of ether oxygens (including phenoxy) is 1. The van der Waals surface area contributed by atoms with Crippen LogP contribution in [0.4, 0.5) is 0 Å². The van der Waals surface area contributed by atoms with Crippen LogP contribution in [0.3, 0.4) is 0 Å². The first kappa shape index (κ1) is 24.5. The number of hydrogen-bond acceptors (Lipinski definition) is 5. The molecule has 0 saturated carbocycles. The van der Waals surface area contributed by atoms with Gasteiger partial charge in [0.2, 0.25) is 5.91 Å². The van der Waals surface area contributed by atoms with Gasteiger partial charge in [-0.25, -0.2) is 4.68 Å². The Labute approximate surface area is 216 Å². The van der Waals surface area contributed by atoms with Crippen LogP contribution in [0.15, 0.2) is 102 Å². The average molecular weight is 495 g/mol. The maximum absolute atomic E-state index is 13.2. The molecule has 4 aromatic rings. The number of hydrogen-bond donors (Lipinski definition) is 0. The van der Waals surface area contributed by atoms with Crippen LogP contribution in [0.1, 0.15) is 17.2 Å². The summed E-state index contributed by atoms with van der Waals surface area (Å²) < 4.78 is 6.55. The standard InChI is InChI=1S/C30H30N4O3/c1-37-26-14-8-13-25(21-26)27-15-16-28(35)34(31-27)22-29(36)32-17-19-33(20-18-32)30(23-9-4-2-5-10-23)24-11-6-3-7-12-24/h2-16,21,30H,17-20,22H2,1H3. The average Bonchev–Trinajstić information content (AvgIpc) is 2.96. The Morgan fingerprint density at radius 2 is 1.49 bits per heavy atom. The van der Waals surface area contributed by atoms with Crippen molar-refractivity contribution >= 4 is 5.91 Å². The van der Waals surface area contributed by atoms with E-state index in [9.17, 15) is 9.59 Å². The summed E-state index contributed by atoms with van der Waals surface area (Å²) in [6, 6.07) is 31.7. The highest BCUT2D eigenvalue weighted by molar-refractivity contribution is 5.76. The van der Waals surface area contributed by atoms with E-state index in [-0.39, 0.29) is 24.1 Å². The molecule has 1 saturated heterocycles. The van der Waals surface area contributed by atoms with Gasteiger partial charge in [-0.3, -0.25) is 14.5 Å². The summed E-state index contributed by atoms with van der Waals surface area (Å²) in [5.41, 5.74) is 3.61. The van der Waals surface area contributed by atoms with Crippen LogP contribution in [0.25, 0.3) is 11.3 Å². The molecule has 1 aliphatic heterocycles. The molecule has 1 fully saturated rings. The largest absolute Gasteiger partial charge is 0.497 e. The normalized spacial score (nSPS) is 14.1. The maximum Gasteiger partial charge on any atom is 0.267 e. The highest BCUT2D eigenvalue weighted by Gasteiger charge is 2.28. The molecular weight excluding hydrogens is 464 g/mol. The van der Waals surface area contributed by atoms with Crippen LogP contribution in [-0.2, 0) is 11.3 Å². The predicted molar refractivity (Wildman–Crippen MR) is 143 cm³/mol. The zero-order chi connectivity index (χ0) is 25.6. The molecule has 0 bridgehead atoms. The monoisotopic (exact) mass is 494 g/mol. The lowest BCUT2D eigenvalue weighted by Crippen LogP contribution is -2.51. The first-order chi connectivity index (χ1) is 18.1. The van der Waals surface area contributed by atoms with E-state index < -0.39 is 0 Å². The van der Waals surface area contributed by atoms with E-state index in [2.05, 4.69) is 58.5 Å². The van der Waals surface area contributed by atoms with Crippen molar-refractivity contribution in [1.82, 2.24) is 19.6 Å². The number of benzene rings is 3. The van der Waals surface area contributed by atoms with Crippen molar-refractivity contribution in [3.63, 3.8) is 0 Å². The minimum absolute atomic E-state index is 0.0859.